The Hall–Kier alpha value is -1.52. The summed E-state index contributed by atoms with van der Waals surface area (Å²) < 4.78 is 0. The summed E-state index contributed by atoms with van der Waals surface area (Å²) in [4.78, 5) is 23.4. The fourth-order valence-corrected chi connectivity index (χ4v) is 1.09. The van der Waals surface area contributed by atoms with Gasteiger partial charge in [-0.3, -0.25) is 4.79 Å². The van der Waals surface area contributed by atoms with Crippen LogP contribution in [0.3, 0.4) is 0 Å². The number of nitrogens with one attached hydrogen (secondary N) is 1. The normalized spacial score (nSPS) is 9.44. The molecule has 0 unspecified atom stereocenters. The van der Waals surface area contributed by atoms with Gasteiger partial charge in [-0.15, -0.1) is 0 Å². The predicted octanol–water partition coefficient (Wildman–Crippen LogP) is 1.46. The topological polar surface area (TPSA) is 69.6 Å². The molecular weight excluding hydrogens is 208 g/mol. The van der Waals surface area contributed by atoms with Crippen molar-refractivity contribution < 1.29 is 14.7 Å². The molecule has 0 bridgehead atoms. The first kappa shape index (κ1) is 14.5. The average Bonchev–Trinajstić information content (AvgIpc) is 2.17. The van der Waals surface area contributed by atoms with Gasteiger partial charge in [0, 0.05) is 19.6 Å². The fraction of sp³-hybridized carbons (Fsp3) is 0.636. The summed E-state index contributed by atoms with van der Waals surface area (Å²) in [7, 11) is 0. The maximum Gasteiger partial charge on any atom is 0.317 e. The highest BCUT2D eigenvalue weighted by molar-refractivity contribution is 5.75. The van der Waals surface area contributed by atoms with E-state index in [-0.39, 0.29) is 19.0 Å². The molecule has 0 aromatic carbocycles. The monoisotopic (exact) mass is 228 g/mol. The van der Waals surface area contributed by atoms with Crippen molar-refractivity contribution in [2.75, 3.05) is 19.6 Å². The number of hydrogen-bond donors (Lipinski definition) is 2. The largest absolute Gasteiger partial charge is 0.481 e. The third-order valence-electron chi connectivity index (χ3n) is 2.03. The summed E-state index contributed by atoms with van der Waals surface area (Å²) in [6.07, 6.45) is 1.88. The fourth-order valence-electron chi connectivity index (χ4n) is 1.09. The predicted molar refractivity (Wildman–Crippen MR) is 62.3 cm³/mol. The number of carboxylic acids is 1. The van der Waals surface area contributed by atoms with E-state index in [9.17, 15) is 9.59 Å². The molecule has 0 radical (unpaired) electrons. The van der Waals surface area contributed by atoms with E-state index in [1.54, 1.807) is 0 Å². The van der Waals surface area contributed by atoms with Gasteiger partial charge in [0.2, 0.25) is 0 Å². The number of amides is 2. The second-order valence-corrected chi connectivity index (χ2v) is 3.69. The number of carbonyl (C=O) groups excluding carboxylic acids is 1. The quantitative estimate of drug-likeness (QED) is 0.676. The Kier molecular flexibility index (Phi) is 7.00. The van der Waals surface area contributed by atoms with E-state index in [0.717, 1.165) is 5.57 Å². The Morgan fingerprint density at radius 3 is 2.44 bits per heavy atom. The van der Waals surface area contributed by atoms with Crippen molar-refractivity contribution in [3.8, 4) is 0 Å². The number of allylic oxidation sites excluding steroid dienone is 1. The number of aliphatic carboxylic acids is 1. The van der Waals surface area contributed by atoms with Crippen molar-refractivity contribution in [3.63, 3.8) is 0 Å². The standard InChI is InChI=1S/C11H20N2O3/c1-4-13(8-6-10(14)15)11(16)12-7-5-9(2)3/h5H,4,6-8H2,1-3H3,(H,12,16)(H,14,15). The summed E-state index contributed by atoms with van der Waals surface area (Å²) in [5.74, 6) is -0.893. The van der Waals surface area contributed by atoms with Crippen molar-refractivity contribution in [3.05, 3.63) is 11.6 Å². The zero-order valence-corrected chi connectivity index (χ0v) is 10.1. The summed E-state index contributed by atoms with van der Waals surface area (Å²) >= 11 is 0. The molecule has 16 heavy (non-hydrogen) atoms. The smallest absolute Gasteiger partial charge is 0.317 e. The molecule has 0 heterocycles. The van der Waals surface area contributed by atoms with Crippen LogP contribution < -0.4 is 5.32 Å². The molecule has 2 amide bonds. The Labute approximate surface area is 96.1 Å². The van der Waals surface area contributed by atoms with Crippen LogP contribution in [0.1, 0.15) is 27.2 Å². The lowest BCUT2D eigenvalue weighted by atomic mass is 10.3. The Morgan fingerprint density at radius 1 is 1.38 bits per heavy atom. The first-order chi connectivity index (χ1) is 7.47. The third kappa shape index (κ3) is 6.86. The van der Waals surface area contributed by atoms with Crippen LogP contribution in [0, 0.1) is 0 Å². The third-order valence-corrected chi connectivity index (χ3v) is 2.03. The number of nitrogens with zero attached hydrogens (tertiary/aromatic N) is 1. The van der Waals surface area contributed by atoms with E-state index >= 15 is 0 Å². The Balaban J connectivity index is 4.00. The highest BCUT2D eigenvalue weighted by Crippen LogP contribution is 1.93. The van der Waals surface area contributed by atoms with Gasteiger partial charge in [-0.05, 0) is 20.8 Å². The lowest BCUT2D eigenvalue weighted by molar-refractivity contribution is -0.137. The van der Waals surface area contributed by atoms with Gasteiger partial charge >= 0.3 is 12.0 Å². The summed E-state index contributed by atoms with van der Waals surface area (Å²) in [6, 6.07) is -0.221. The Morgan fingerprint density at radius 2 is 2.00 bits per heavy atom. The van der Waals surface area contributed by atoms with Crippen molar-refractivity contribution in [1.82, 2.24) is 10.2 Å². The zero-order valence-electron chi connectivity index (χ0n) is 10.1. The maximum atomic E-state index is 11.6. The highest BCUT2D eigenvalue weighted by Gasteiger charge is 2.11. The van der Waals surface area contributed by atoms with Gasteiger partial charge in [0.05, 0.1) is 6.42 Å². The molecule has 0 aliphatic rings. The van der Waals surface area contributed by atoms with Crippen LogP contribution in [0.2, 0.25) is 0 Å². The molecule has 0 rings (SSSR count). The number of carboxylic acid groups (broad SMARTS) is 1. The van der Waals surface area contributed by atoms with Crippen LogP contribution in [-0.2, 0) is 4.79 Å². The molecule has 0 aliphatic heterocycles. The van der Waals surface area contributed by atoms with E-state index in [0.29, 0.717) is 13.1 Å². The molecule has 2 N–H and O–H groups in total. The van der Waals surface area contributed by atoms with Crippen molar-refractivity contribution in [1.29, 1.82) is 0 Å². The SMILES string of the molecule is CCN(CCC(=O)O)C(=O)NCC=C(C)C. The second-order valence-electron chi connectivity index (χ2n) is 3.69. The van der Waals surface area contributed by atoms with Gasteiger partial charge in [0.25, 0.3) is 0 Å². The number of carbonyl (C=O) groups is 2. The molecule has 92 valence electrons. The molecule has 0 spiro atoms. The maximum absolute atomic E-state index is 11.6. The van der Waals surface area contributed by atoms with E-state index in [2.05, 4.69) is 5.32 Å². The van der Waals surface area contributed by atoms with Crippen molar-refractivity contribution in [2.24, 2.45) is 0 Å². The molecule has 0 fully saturated rings. The molecule has 5 nitrogen and oxygen atoms in total. The van der Waals surface area contributed by atoms with E-state index in [1.807, 2.05) is 26.8 Å². The lowest BCUT2D eigenvalue weighted by Gasteiger charge is -2.19. The average molecular weight is 228 g/mol. The second kappa shape index (κ2) is 7.73. The van der Waals surface area contributed by atoms with Gasteiger partial charge < -0.3 is 15.3 Å². The number of hydrogen-bond acceptors (Lipinski definition) is 2. The van der Waals surface area contributed by atoms with Crippen LogP contribution in [0.5, 0.6) is 0 Å². The zero-order chi connectivity index (χ0) is 12.6. The molecule has 0 atom stereocenters. The van der Waals surface area contributed by atoms with Gasteiger partial charge in [-0.25, -0.2) is 4.79 Å². The molecule has 0 aromatic rings. The van der Waals surface area contributed by atoms with Crippen LogP contribution in [0.4, 0.5) is 4.79 Å². The number of urea groups is 1. The summed E-state index contributed by atoms with van der Waals surface area (Å²) in [5.41, 5.74) is 1.13. The first-order valence-electron chi connectivity index (χ1n) is 5.35. The van der Waals surface area contributed by atoms with Gasteiger partial charge in [0.15, 0.2) is 0 Å². The van der Waals surface area contributed by atoms with Gasteiger partial charge in [-0.2, -0.15) is 0 Å². The van der Waals surface area contributed by atoms with Gasteiger partial charge in [-0.1, -0.05) is 11.6 Å². The molecule has 5 heteroatoms. The minimum absolute atomic E-state index is 0.0239. The van der Waals surface area contributed by atoms with Crippen molar-refractivity contribution >= 4 is 12.0 Å². The van der Waals surface area contributed by atoms with E-state index < -0.39 is 5.97 Å². The Bertz CT molecular complexity index is 270. The van der Waals surface area contributed by atoms with E-state index in [4.69, 9.17) is 5.11 Å². The molecule has 0 saturated heterocycles. The molecule has 0 aromatic heterocycles. The lowest BCUT2D eigenvalue weighted by Crippen LogP contribution is -2.41. The van der Waals surface area contributed by atoms with Crippen LogP contribution in [0.15, 0.2) is 11.6 Å². The van der Waals surface area contributed by atoms with Crippen molar-refractivity contribution in [2.45, 2.75) is 27.2 Å². The van der Waals surface area contributed by atoms with Crippen LogP contribution >= 0.6 is 0 Å². The minimum Gasteiger partial charge on any atom is -0.481 e. The summed E-state index contributed by atoms with van der Waals surface area (Å²) in [6.45, 7) is 6.95. The summed E-state index contributed by atoms with van der Waals surface area (Å²) in [5, 5.41) is 11.2. The highest BCUT2D eigenvalue weighted by atomic mass is 16.4. The molecular formula is C11H20N2O3. The first-order valence-corrected chi connectivity index (χ1v) is 5.35. The molecule has 0 saturated carbocycles. The molecule has 0 aliphatic carbocycles. The van der Waals surface area contributed by atoms with Crippen LogP contribution in [-0.4, -0.2) is 41.6 Å². The van der Waals surface area contributed by atoms with Gasteiger partial charge in [0.1, 0.15) is 0 Å². The van der Waals surface area contributed by atoms with E-state index in [1.165, 1.54) is 4.90 Å². The van der Waals surface area contributed by atoms with Crippen LogP contribution in [0.25, 0.3) is 0 Å². The number of rotatable bonds is 6. The minimum atomic E-state index is -0.893.